The SMILES string of the molecule is COCc1c(C=O)nnn1C1CCCC1. The number of carbonyl (C=O) groups is 1. The van der Waals surface area contributed by atoms with Crippen molar-refractivity contribution in [3.05, 3.63) is 11.4 Å². The summed E-state index contributed by atoms with van der Waals surface area (Å²) in [5.41, 5.74) is 1.21. The maximum Gasteiger partial charge on any atom is 0.172 e. The molecule has 2 rings (SSSR count). The largest absolute Gasteiger partial charge is 0.378 e. The molecule has 1 aromatic heterocycles. The number of methoxy groups -OCH3 is 1. The number of carbonyl (C=O) groups excluding carboxylic acids is 1. The fourth-order valence-electron chi connectivity index (χ4n) is 2.14. The molecule has 0 aliphatic heterocycles. The third kappa shape index (κ3) is 1.92. The third-order valence-corrected chi connectivity index (χ3v) is 2.88. The highest BCUT2D eigenvalue weighted by atomic mass is 16.5. The topological polar surface area (TPSA) is 57.0 Å². The van der Waals surface area contributed by atoms with Crippen LogP contribution in [0.2, 0.25) is 0 Å². The van der Waals surface area contributed by atoms with Crippen molar-refractivity contribution in [1.82, 2.24) is 15.0 Å². The molecule has 0 saturated heterocycles. The van der Waals surface area contributed by atoms with Gasteiger partial charge in [0, 0.05) is 7.11 Å². The molecule has 0 radical (unpaired) electrons. The number of rotatable bonds is 4. The molecule has 1 aliphatic carbocycles. The van der Waals surface area contributed by atoms with Crippen molar-refractivity contribution in [2.45, 2.75) is 38.3 Å². The van der Waals surface area contributed by atoms with Crippen molar-refractivity contribution in [3.8, 4) is 0 Å². The molecule has 1 heterocycles. The lowest BCUT2D eigenvalue weighted by molar-refractivity contribution is 0.111. The van der Waals surface area contributed by atoms with Crippen LogP contribution in [0, 0.1) is 0 Å². The number of aromatic nitrogens is 3. The fraction of sp³-hybridized carbons (Fsp3) is 0.700. The van der Waals surface area contributed by atoms with Crippen LogP contribution in [-0.4, -0.2) is 28.4 Å². The predicted octanol–water partition coefficient (Wildman–Crippen LogP) is 1.35. The van der Waals surface area contributed by atoms with E-state index in [2.05, 4.69) is 10.3 Å². The zero-order valence-electron chi connectivity index (χ0n) is 8.85. The molecule has 0 spiro atoms. The molecule has 0 aromatic carbocycles. The lowest BCUT2D eigenvalue weighted by Gasteiger charge is -2.12. The molecule has 1 aromatic rings. The summed E-state index contributed by atoms with van der Waals surface area (Å²) in [5.74, 6) is 0. The van der Waals surface area contributed by atoms with Gasteiger partial charge in [0.05, 0.1) is 18.3 Å². The molecule has 0 bridgehead atoms. The quantitative estimate of drug-likeness (QED) is 0.702. The van der Waals surface area contributed by atoms with Crippen LogP contribution in [0.15, 0.2) is 0 Å². The molecule has 1 fully saturated rings. The standard InChI is InChI=1S/C10H15N3O2/c1-15-7-10-9(6-14)11-12-13(10)8-4-2-3-5-8/h6,8H,2-5,7H2,1H3. The van der Waals surface area contributed by atoms with Crippen LogP contribution in [0.3, 0.4) is 0 Å². The highest BCUT2D eigenvalue weighted by Gasteiger charge is 2.22. The van der Waals surface area contributed by atoms with Gasteiger partial charge >= 0.3 is 0 Å². The lowest BCUT2D eigenvalue weighted by Crippen LogP contribution is -2.11. The Balaban J connectivity index is 2.28. The maximum absolute atomic E-state index is 10.8. The average molecular weight is 209 g/mol. The second-order valence-corrected chi connectivity index (χ2v) is 3.86. The van der Waals surface area contributed by atoms with Crippen molar-refractivity contribution in [2.75, 3.05) is 7.11 Å². The van der Waals surface area contributed by atoms with Gasteiger partial charge in [-0.15, -0.1) is 5.10 Å². The summed E-state index contributed by atoms with van der Waals surface area (Å²) in [6.07, 6.45) is 5.45. The number of hydrogen-bond acceptors (Lipinski definition) is 4. The molecule has 0 N–H and O–H groups in total. The van der Waals surface area contributed by atoms with E-state index in [-0.39, 0.29) is 0 Å². The molecular formula is C10H15N3O2. The Labute approximate surface area is 88.4 Å². The molecule has 5 nitrogen and oxygen atoms in total. The van der Waals surface area contributed by atoms with E-state index in [9.17, 15) is 4.79 Å². The molecule has 0 atom stereocenters. The van der Waals surface area contributed by atoms with Gasteiger partial charge in [-0.1, -0.05) is 18.1 Å². The van der Waals surface area contributed by atoms with E-state index < -0.39 is 0 Å². The second-order valence-electron chi connectivity index (χ2n) is 3.86. The van der Waals surface area contributed by atoms with Crippen molar-refractivity contribution in [2.24, 2.45) is 0 Å². The Morgan fingerprint density at radius 3 is 2.87 bits per heavy atom. The van der Waals surface area contributed by atoms with Crippen LogP contribution in [-0.2, 0) is 11.3 Å². The van der Waals surface area contributed by atoms with Crippen LogP contribution < -0.4 is 0 Å². The molecule has 82 valence electrons. The monoisotopic (exact) mass is 209 g/mol. The summed E-state index contributed by atoms with van der Waals surface area (Å²) in [4.78, 5) is 10.8. The van der Waals surface area contributed by atoms with E-state index in [0.29, 0.717) is 18.3 Å². The van der Waals surface area contributed by atoms with Crippen molar-refractivity contribution in [1.29, 1.82) is 0 Å². The predicted molar refractivity (Wildman–Crippen MR) is 53.6 cm³/mol. The molecule has 1 aliphatic rings. The smallest absolute Gasteiger partial charge is 0.172 e. The van der Waals surface area contributed by atoms with E-state index in [1.165, 1.54) is 12.8 Å². The maximum atomic E-state index is 10.8. The molecule has 0 unspecified atom stereocenters. The first-order chi connectivity index (χ1) is 7.36. The van der Waals surface area contributed by atoms with Crippen LogP contribution in [0.1, 0.15) is 47.9 Å². The first-order valence-corrected chi connectivity index (χ1v) is 5.25. The van der Waals surface area contributed by atoms with Crippen LogP contribution >= 0.6 is 0 Å². The summed E-state index contributed by atoms with van der Waals surface area (Å²) in [6, 6.07) is 0.399. The van der Waals surface area contributed by atoms with Crippen LogP contribution in [0.25, 0.3) is 0 Å². The number of hydrogen-bond donors (Lipinski definition) is 0. The Kier molecular flexibility index (Phi) is 3.11. The van der Waals surface area contributed by atoms with Gasteiger partial charge in [-0.2, -0.15) is 0 Å². The minimum atomic E-state index is 0.399. The molecular weight excluding hydrogens is 194 g/mol. The van der Waals surface area contributed by atoms with E-state index in [0.717, 1.165) is 24.8 Å². The van der Waals surface area contributed by atoms with Gasteiger partial charge in [0.15, 0.2) is 12.0 Å². The molecule has 0 amide bonds. The van der Waals surface area contributed by atoms with E-state index in [4.69, 9.17) is 4.74 Å². The van der Waals surface area contributed by atoms with Crippen molar-refractivity contribution < 1.29 is 9.53 Å². The van der Waals surface area contributed by atoms with Gasteiger partial charge in [-0.25, -0.2) is 4.68 Å². The van der Waals surface area contributed by atoms with Gasteiger partial charge in [-0.3, -0.25) is 4.79 Å². The minimum Gasteiger partial charge on any atom is -0.378 e. The normalized spacial score (nSPS) is 17.1. The molecule has 1 saturated carbocycles. The summed E-state index contributed by atoms with van der Waals surface area (Å²) >= 11 is 0. The minimum absolute atomic E-state index is 0.399. The molecule has 5 heteroatoms. The van der Waals surface area contributed by atoms with Gasteiger partial charge in [0.25, 0.3) is 0 Å². The Morgan fingerprint density at radius 2 is 2.27 bits per heavy atom. The van der Waals surface area contributed by atoms with Crippen LogP contribution in [0.4, 0.5) is 0 Å². The third-order valence-electron chi connectivity index (χ3n) is 2.88. The Morgan fingerprint density at radius 1 is 1.53 bits per heavy atom. The van der Waals surface area contributed by atoms with Crippen LogP contribution in [0.5, 0.6) is 0 Å². The van der Waals surface area contributed by atoms with Gasteiger partial charge < -0.3 is 4.74 Å². The highest BCUT2D eigenvalue weighted by molar-refractivity contribution is 5.73. The first kappa shape index (κ1) is 10.3. The van der Waals surface area contributed by atoms with E-state index in [1.54, 1.807) is 7.11 Å². The lowest BCUT2D eigenvalue weighted by atomic mass is 10.2. The average Bonchev–Trinajstić information content (AvgIpc) is 2.85. The summed E-state index contributed by atoms with van der Waals surface area (Å²) < 4.78 is 6.93. The second kappa shape index (κ2) is 4.53. The van der Waals surface area contributed by atoms with Crippen molar-refractivity contribution >= 4 is 6.29 Å². The van der Waals surface area contributed by atoms with Gasteiger partial charge in [0.1, 0.15) is 0 Å². The number of aldehydes is 1. The molecule has 15 heavy (non-hydrogen) atoms. The first-order valence-electron chi connectivity index (χ1n) is 5.25. The number of nitrogens with zero attached hydrogens (tertiary/aromatic N) is 3. The van der Waals surface area contributed by atoms with Gasteiger partial charge in [-0.05, 0) is 12.8 Å². The summed E-state index contributed by atoms with van der Waals surface area (Å²) in [6.45, 7) is 0.400. The zero-order chi connectivity index (χ0) is 10.7. The highest BCUT2D eigenvalue weighted by Crippen LogP contribution is 2.30. The summed E-state index contributed by atoms with van der Waals surface area (Å²) in [7, 11) is 1.61. The Bertz CT molecular complexity index is 342. The van der Waals surface area contributed by atoms with E-state index >= 15 is 0 Å². The Hall–Kier alpha value is -1.23. The fourth-order valence-corrected chi connectivity index (χ4v) is 2.14. The van der Waals surface area contributed by atoms with E-state index in [1.807, 2.05) is 4.68 Å². The zero-order valence-corrected chi connectivity index (χ0v) is 8.85. The summed E-state index contributed by atoms with van der Waals surface area (Å²) in [5, 5.41) is 7.91. The number of ether oxygens (including phenoxy) is 1. The van der Waals surface area contributed by atoms with Gasteiger partial charge in [0.2, 0.25) is 0 Å². The van der Waals surface area contributed by atoms with Crippen molar-refractivity contribution in [3.63, 3.8) is 0 Å².